The summed E-state index contributed by atoms with van der Waals surface area (Å²) in [5.74, 6) is 0. The van der Waals surface area contributed by atoms with Gasteiger partial charge in [-0.25, -0.2) is 0 Å². The van der Waals surface area contributed by atoms with Crippen LogP contribution >= 0.6 is 0 Å². The molecule has 0 aliphatic heterocycles. The maximum atomic E-state index is 10.7. The van der Waals surface area contributed by atoms with E-state index in [1.165, 1.54) is 25.7 Å². The zero-order valence-electron chi connectivity index (χ0n) is 13.0. The Morgan fingerprint density at radius 2 is 2.00 bits per heavy atom. The van der Waals surface area contributed by atoms with Crippen LogP contribution in [0.15, 0.2) is 18.2 Å². The lowest BCUT2D eigenvalue weighted by Gasteiger charge is -2.26. The van der Waals surface area contributed by atoms with Crippen molar-refractivity contribution in [2.75, 3.05) is 11.9 Å². The van der Waals surface area contributed by atoms with Crippen LogP contribution < -0.4 is 5.32 Å². The summed E-state index contributed by atoms with van der Waals surface area (Å²) in [5.41, 5.74) is 2.29. The Labute approximate surface area is 121 Å². The van der Waals surface area contributed by atoms with Gasteiger partial charge in [-0.2, -0.15) is 0 Å². The van der Waals surface area contributed by atoms with E-state index >= 15 is 0 Å². The van der Waals surface area contributed by atoms with Crippen LogP contribution in [-0.2, 0) is 0 Å². The number of hydrogen-bond donors (Lipinski definition) is 1. The molecule has 0 unspecified atom stereocenters. The lowest BCUT2D eigenvalue weighted by molar-refractivity contribution is -0.384. The summed E-state index contributed by atoms with van der Waals surface area (Å²) in [6.45, 7) is 9.52. The number of unbranched alkanes of at least 4 members (excludes halogenated alkanes) is 2. The Hall–Kier alpha value is -1.58. The molecule has 0 spiro atoms. The second-order valence-electron chi connectivity index (χ2n) is 6.23. The van der Waals surface area contributed by atoms with Crippen LogP contribution in [0.1, 0.15) is 52.0 Å². The summed E-state index contributed by atoms with van der Waals surface area (Å²) in [5, 5.41) is 14.1. The third-order valence-corrected chi connectivity index (χ3v) is 3.64. The highest BCUT2D eigenvalue weighted by molar-refractivity contribution is 5.55. The molecule has 0 saturated heterocycles. The third-order valence-electron chi connectivity index (χ3n) is 3.64. The fourth-order valence-corrected chi connectivity index (χ4v) is 2.24. The molecule has 0 saturated carbocycles. The molecule has 1 N–H and O–H groups in total. The first-order valence-electron chi connectivity index (χ1n) is 7.34. The predicted molar refractivity (Wildman–Crippen MR) is 84.2 cm³/mol. The van der Waals surface area contributed by atoms with E-state index < -0.39 is 0 Å². The van der Waals surface area contributed by atoms with Gasteiger partial charge in [-0.1, -0.05) is 40.0 Å². The molecule has 1 aromatic carbocycles. The van der Waals surface area contributed by atoms with E-state index in [4.69, 9.17) is 0 Å². The fraction of sp³-hybridized carbons (Fsp3) is 0.625. The van der Waals surface area contributed by atoms with E-state index in [0.717, 1.165) is 17.8 Å². The van der Waals surface area contributed by atoms with E-state index in [1.807, 2.05) is 6.92 Å². The van der Waals surface area contributed by atoms with Crippen molar-refractivity contribution in [2.24, 2.45) is 5.41 Å². The van der Waals surface area contributed by atoms with E-state index in [2.05, 4.69) is 26.1 Å². The Kier molecular flexibility index (Phi) is 5.99. The molecule has 1 rings (SSSR count). The SMILES string of the molecule is CCCCCC(C)(C)CNc1ccc([N+](=O)[O-])cc1C. The molecule has 20 heavy (non-hydrogen) atoms. The molecule has 0 amide bonds. The standard InChI is InChI=1S/C16H26N2O2/c1-5-6-7-10-16(3,4)12-17-15-9-8-14(18(19)20)11-13(15)2/h8-9,11,17H,5-7,10,12H2,1-4H3. The smallest absolute Gasteiger partial charge is 0.269 e. The zero-order valence-corrected chi connectivity index (χ0v) is 13.0. The second kappa shape index (κ2) is 7.27. The number of hydrogen-bond acceptors (Lipinski definition) is 3. The van der Waals surface area contributed by atoms with E-state index in [0.29, 0.717) is 0 Å². The average molecular weight is 278 g/mol. The van der Waals surface area contributed by atoms with Crippen molar-refractivity contribution >= 4 is 11.4 Å². The molecule has 0 bridgehead atoms. The van der Waals surface area contributed by atoms with Crippen molar-refractivity contribution in [3.63, 3.8) is 0 Å². The lowest BCUT2D eigenvalue weighted by atomic mass is 9.86. The van der Waals surface area contributed by atoms with Crippen LogP contribution in [-0.4, -0.2) is 11.5 Å². The number of anilines is 1. The second-order valence-corrected chi connectivity index (χ2v) is 6.23. The molecule has 0 aromatic heterocycles. The van der Waals surface area contributed by atoms with Gasteiger partial charge >= 0.3 is 0 Å². The first-order chi connectivity index (χ1) is 9.35. The summed E-state index contributed by atoms with van der Waals surface area (Å²) in [6.07, 6.45) is 4.97. The number of benzene rings is 1. The molecule has 0 radical (unpaired) electrons. The van der Waals surface area contributed by atoms with Crippen molar-refractivity contribution in [3.05, 3.63) is 33.9 Å². The largest absolute Gasteiger partial charge is 0.384 e. The minimum absolute atomic E-state index is 0.148. The van der Waals surface area contributed by atoms with Gasteiger partial charge in [0.1, 0.15) is 0 Å². The van der Waals surface area contributed by atoms with Gasteiger partial charge in [0.15, 0.2) is 0 Å². The number of rotatable bonds is 8. The van der Waals surface area contributed by atoms with Crippen LogP contribution in [0.25, 0.3) is 0 Å². The predicted octanol–water partition coefficient (Wildman–Crippen LogP) is 4.92. The molecule has 4 heteroatoms. The molecule has 0 atom stereocenters. The van der Waals surface area contributed by atoms with E-state index in [1.54, 1.807) is 18.2 Å². The number of aryl methyl sites for hydroxylation is 1. The van der Waals surface area contributed by atoms with Gasteiger partial charge in [-0.05, 0) is 30.4 Å². The number of nitro benzene ring substituents is 1. The summed E-state index contributed by atoms with van der Waals surface area (Å²) >= 11 is 0. The number of nitrogens with one attached hydrogen (secondary N) is 1. The third kappa shape index (κ3) is 5.19. The van der Waals surface area contributed by atoms with Gasteiger partial charge in [0, 0.05) is 24.4 Å². The van der Waals surface area contributed by atoms with E-state index in [-0.39, 0.29) is 16.0 Å². The monoisotopic (exact) mass is 278 g/mol. The van der Waals surface area contributed by atoms with Crippen molar-refractivity contribution in [3.8, 4) is 0 Å². The van der Waals surface area contributed by atoms with Gasteiger partial charge in [-0.15, -0.1) is 0 Å². The van der Waals surface area contributed by atoms with Gasteiger partial charge in [0.05, 0.1) is 4.92 Å². The highest BCUT2D eigenvalue weighted by atomic mass is 16.6. The Morgan fingerprint density at radius 3 is 2.55 bits per heavy atom. The molecule has 0 aliphatic carbocycles. The minimum Gasteiger partial charge on any atom is -0.384 e. The molecule has 0 aliphatic rings. The van der Waals surface area contributed by atoms with Crippen LogP contribution in [0.5, 0.6) is 0 Å². The number of nitro groups is 1. The summed E-state index contributed by atoms with van der Waals surface area (Å²) in [4.78, 5) is 10.4. The van der Waals surface area contributed by atoms with Gasteiger partial charge in [0.25, 0.3) is 5.69 Å². The zero-order chi connectivity index (χ0) is 15.2. The van der Waals surface area contributed by atoms with Crippen molar-refractivity contribution < 1.29 is 4.92 Å². The maximum absolute atomic E-state index is 10.7. The quantitative estimate of drug-likeness (QED) is 0.417. The minimum atomic E-state index is -0.356. The average Bonchev–Trinajstić information content (AvgIpc) is 2.37. The molecular formula is C16H26N2O2. The van der Waals surface area contributed by atoms with Gasteiger partial charge in [-0.3, -0.25) is 10.1 Å². The summed E-state index contributed by atoms with van der Waals surface area (Å²) < 4.78 is 0. The highest BCUT2D eigenvalue weighted by Gasteiger charge is 2.17. The first kappa shape index (κ1) is 16.5. The van der Waals surface area contributed by atoms with Crippen LogP contribution in [0.4, 0.5) is 11.4 Å². The van der Waals surface area contributed by atoms with Gasteiger partial charge in [0.2, 0.25) is 0 Å². The van der Waals surface area contributed by atoms with E-state index in [9.17, 15) is 10.1 Å². The molecule has 112 valence electrons. The maximum Gasteiger partial charge on any atom is 0.269 e. The summed E-state index contributed by atoms with van der Waals surface area (Å²) in [6, 6.07) is 4.97. The summed E-state index contributed by atoms with van der Waals surface area (Å²) in [7, 11) is 0. The first-order valence-corrected chi connectivity index (χ1v) is 7.34. The van der Waals surface area contributed by atoms with Crippen molar-refractivity contribution in [2.45, 2.75) is 53.4 Å². The Bertz CT molecular complexity index is 456. The van der Waals surface area contributed by atoms with Crippen LogP contribution in [0.2, 0.25) is 0 Å². The van der Waals surface area contributed by atoms with Crippen LogP contribution in [0.3, 0.4) is 0 Å². The molecule has 0 fully saturated rings. The van der Waals surface area contributed by atoms with Crippen molar-refractivity contribution in [1.29, 1.82) is 0 Å². The lowest BCUT2D eigenvalue weighted by Crippen LogP contribution is -2.23. The Morgan fingerprint density at radius 1 is 1.30 bits per heavy atom. The normalized spacial score (nSPS) is 11.4. The molecule has 4 nitrogen and oxygen atoms in total. The number of nitrogens with zero attached hydrogens (tertiary/aromatic N) is 1. The molecule has 1 aromatic rings. The fourth-order valence-electron chi connectivity index (χ4n) is 2.24. The number of non-ortho nitro benzene ring substituents is 1. The van der Waals surface area contributed by atoms with Gasteiger partial charge < -0.3 is 5.32 Å². The molecule has 0 heterocycles. The molecular weight excluding hydrogens is 252 g/mol. The topological polar surface area (TPSA) is 55.2 Å². The van der Waals surface area contributed by atoms with Crippen molar-refractivity contribution in [1.82, 2.24) is 0 Å². The van der Waals surface area contributed by atoms with Crippen LogP contribution in [0, 0.1) is 22.5 Å². The Balaban J connectivity index is 2.58. The highest BCUT2D eigenvalue weighted by Crippen LogP contribution is 2.26.